The van der Waals surface area contributed by atoms with E-state index in [0.717, 1.165) is 24.3 Å². The Kier molecular flexibility index (Phi) is 3.39. The van der Waals surface area contributed by atoms with Crippen LogP contribution in [0.2, 0.25) is 0 Å². The van der Waals surface area contributed by atoms with Gasteiger partial charge in [-0.3, -0.25) is 0 Å². The first-order chi connectivity index (χ1) is 7.19. The lowest BCUT2D eigenvalue weighted by atomic mass is 9.75. The summed E-state index contributed by atoms with van der Waals surface area (Å²) < 4.78 is 0. The molecule has 0 aromatic carbocycles. The number of hydrogen-bond donors (Lipinski definition) is 1. The van der Waals surface area contributed by atoms with Crippen LogP contribution in [-0.4, -0.2) is 13.1 Å². The summed E-state index contributed by atoms with van der Waals surface area (Å²) >= 11 is 0. The molecule has 88 valence electrons. The molecule has 3 atom stereocenters. The number of rotatable bonds is 6. The first kappa shape index (κ1) is 11.4. The van der Waals surface area contributed by atoms with Gasteiger partial charge in [-0.2, -0.15) is 0 Å². The zero-order valence-electron chi connectivity index (χ0n) is 10.7. The fourth-order valence-corrected chi connectivity index (χ4v) is 3.66. The molecule has 2 saturated carbocycles. The van der Waals surface area contributed by atoms with Crippen LogP contribution in [0.5, 0.6) is 0 Å². The molecule has 0 aromatic heterocycles. The molecule has 1 N–H and O–H groups in total. The van der Waals surface area contributed by atoms with Crippen LogP contribution in [0.15, 0.2) is 0 Å². The van der Waals surface area contributed by atoms with Gasteiger partial charge in [0.05, 0.1) is 0 Å². The minimum atomic E-state index is 0.680. The monoisotopic (exact) mass is 209 g/mol. The summed E-state index contributed by atoms with van der Waals surface area (Å²) in [5.74, 6) is 3.15. The quantitative estimate of drug-likeness (QED) is 0.706. The van der Waals surface area contributed by atoms with Crippen LogP contribution in [0.3, 0.4) is 0 Å². The Bertz CT molecular complexity index is 201. The number of nitrogens with one attached hydrogen (secondary N) is 1. The average Bonchev–Trinajstić information content (AvgIpc) is 2.84. The predicted octanol–water partition coefficient (Wildman–Crippen LogP) is 3.45. The van der Waals surface area contributed by atoms with Crippen molar-refractivity contribution < 1.29 is 0 Å². The Morgan fingerprint density at radius 1 is 1.27 bits per heavy atom. The van der Waals surface area contributed by atoms with Crippen LogP contribution in [0.1, 0.15) is 52.9 Å². The van der Waals surface area contributed by atoms with Gasteiger partial charge in [-0.05, 0) is 55.4 Å². The largest absolute Gasteiger partial charge is 0.316 e. The van der Waals surface area contributed by atoms with Crippen LogP contribution < -0.4 is 5.32 Å². The maximum Gasteiger partial charge on any atom is 0.000800 e. The first-order valence-corrected chi connectivity index (χ1v) is 6.90. The highest BCUT2D eigenvalue weighted by molar-refractivity contribution is 5.04. The van der Waals surface area contributed by atoms with E-state index in [-0.39, 0.29) is 0 Å². The molecule has 1 heteroatoms. The summed E-state index contributed by atoms with van der Waals surface area (Å²) in [5.41, 5.74) is 0.680. The highest BCUT2D eigenvalue weighted by atomic mass is 14.9. The second-order valence-corrected chi connectivity index (χ2v) is 6.16. The summed E-state index contributed by atoms with van der Waals surface area (Å²) in [6, 6.07) is 0. The third-order valence-electron chi connectivity index (χ3n) is 4.69. The van der Waals surface area contributed by atoms with E-state index < -0.39 is 0 Å². The second-order valence-electron chi connectivity index (χ2n) is 6.16. The lowest BCUT2D eigenvalue weighted by Crippen LogP contribution is -2.34. The molecular formula is C14H27N. The molecule has 0 bridgehead atoms. The maximum absolute atomic E-state index is 3.60. The Morgan fingerprint density at radius 2 is 1.93 bits per heavy atom. The molecule has 2 aliphatic rings. The third-order valence-corrected chi connectivity index (χ3v) is 4.69. The highest BCUT2D eigenvalue weighted by Gasteiger charge is 2.53. The molecule has 0 aromatic rings. The minimum Gasteiger partial charge on any atom is -0.316 e. The Labute approximate surface area is 95.0 Å². The Balaban J connectivity index is 1.90. The normalized spacial score (nSPS) is 40.2. The molecular weight excluding hydrogens is 182 g/mol. The molecule has 15 heavy (non-hydrogen) atoms. The van der Waals surface area contributed by atoms with Crippen LogP contribution in [0.4, 0.5) is 0 Å². The zero-order chi connectivity index (χ0) is 10.9. The molecule has 0 saturated heterocycles. The van der Waals surface area contributed by atoms with Crippen molar-refractivity contribution in [2.24, 2.45) is 23.2 Å². The number of fused-ring (bicyclic) bond motifs is 1. The van der Waals surface area contributed by atoms with Crippen molar-refractivity contribution in [3.8, 4) is 0 Å². The van der Waals surface area contributed by atoms with Gasteiger partial charge in [0.2, 0.25) is 0 Å². The van der Waals surface area contributed by atoms with Gasteiger partial charge >= 0.3 is 0 Å². The third kappa shape index (κ3) is 2.55. The molecule has 2 fully saturated rings. The summed E-state index contributed by atoms with van der Waals surface area (Å²) in [5, 5.41) is 3.60. The zero-order valence-corrected chi connectivity index (χ0v) is 10.7. The smallest absolute Gasteiger partial charge is 0.000800 e. The highest BCUT2D eigenvalue weighted by Crippen LogP contribution is 2.61. The van der Waals surface area contributed by atoms with Crippen molar-refractivity contribution in [2.45, 2.75) is 52.9 Å². The summed E-state index contributed by atoms with van der Waals surface area (Å²) in [4.78, 5) is 0. The second kappa shape index (κ2) is 4.45. The molecule has 2 aliphatic carbocycles. The van der Waals surface area contributed by atoms with Crippen molar-refractivity contribution in [3.05, 3.63) is 0 Å². The fraction of sp³-hybridized carbons (Fsp3) is 1.00. The van der Waals surface area contributed by atoms with Crippen LogP contribution in [-0.2, 0) is 0 Å². The molecule has 0 spiro atoms. The topological polar surface area (TPSA) is 12.0 Å². The lowest BCUT2D eigenvalue weighted by Gasteiger charge is -2.33. The Hall–Kier alpha value is -0.0400. The van der Waals surface area contributed by atoms with E-state index in [1.807, 2.05) is 0 Å². The molecule has 0 heterocycles. The van der Waals surface area contributed by atoms with Crippen molar-refractivity contribution in [3.63, 3.8) is 0 Å². The average molecular weight is 209 g/mol. The van der Waals surface area contributed by atoms with Gasteiger partial charge in [-0.25, -0.2) is 0 Å². The summed E-state index contributed by atoms with van der Waals surface area (Å²) in [7, 11) is 0. The fourth-order valence-electron chi connectivity index (χ4n) is 3.66. The van der Waals surface area contributed by atoms with Crippen LogP contribution in [0, 0.1) is 23.2 Å². The predicted molar refractivity (Wildman–Crippen MR) is 65.9 cm³/mol. The maximum atomic E-state index is 3.60. The number of hydrogen-bond acceptors (Lipinski definition) is 1. The van der Waals surface area contributed by atoms with Crippen molar-refractivity contribution in [1.82, 2.24) is 5.32 Å². The van der Waals surface area contributed by atoms with E-state index >= 15 is 0 Å². The summed E-state index contributed by atoms with van der Waals surface area (Å²) in [6.07, 6.45) is 7.41. The molecule has 0 amide bonds. The molecule has 3 unspecified atom stereocenters. The lowest BCUT2D eigenvalue weighted by molar-refractivity contribution is 0.194. The standard InChI is InChI=1S/C14H27N/c1-4-11(3)7-14(10-15-5-2)8-12-6-13(12)9-14/h11-13,15H,4-10H2,1-3H3. The molecule has 0 radical (unpaired) electrons. The van der Waals surface area contributed by atoms with Crippen molar-refractivity contribution in [2.75, 3.05) is 13.1 Å². The Morgan fingerprint density at radius 3 is 2.47 bits per heavy atom. The first-order valence-electron chi connectivity index (χ1n) is 6.90. The summed E-state index contributed by atoms with van der Waals surface area (Å²) in [6.45, 7) is 9.41. The van der Waals surface area contributed by atoms with E-state index in [1.165, 1.54) is 32.2 Å². The van der Waals surface area contributed by atoms with Gasteiger partial charge in [0.1, 0.15) is 0 Å². The van der Waals surface area contributed by atoms with E-state index in [1.54, 1.807) is 6.42 Å². The van der Waals surface area contributed by atoms with Gasteiger partial charge in [-0.1, -0.05) is 27.2 Å². The molecule has 1 nitrogen and oxygen atoms in total. The van der Waals surface area contributed by atoms with Crippen molar-refractivity contribution >= 4 is 0 Å². The van der Waals surface area contributed by atoms with Gasteiger partial charge in [-0.15, -0.1) is 0 Å². The SMILES string of the molecule is CCNCC1(CC(C)CC)CC2CC2C1. The van der Waals surface area contributed by atoms with Gasteiger partial charge < -0.3 is 5.32 Å². The van der Waals surface area contributed by atoms with E-state index in [0.29, 0.717) is 5.41 Å². The van der Waals surface area contributed by atoms with Gasteiger partial charge in [0, 0.05) is 6.54 Å². The molecule has 2 rings (SSSR count). The van der Waals surface area contributed by atoms with Gasteiger partial charge in [0.25, 0.3) is 0 Å². The van der Waals surface area contributed by atoms with Gasteiger partial charge in [0.15, 0.2) is 0 Å². The van der Waals surface area contributed by atoms with Crippen LogP contribution >= 0.6 is 0 Å². The minimum absolute atomic E-state index is 0.680. The molecule has 0 aliphatic heterocycles. The van der Waals surface area contributed by atoms with E-state index in [9.17, 15) is 0 Å². The van der Waals surface area contributed by atoms with E-state index in [2.05, 4.69) is 26.1 Å². The van der Waals surface area contributed by atoms with E-state index in [4.69, 9.17) is 0 Å². The van der Waals surface area contributed by atoms with Crippen LogP contribution in [0.25, 0.3) is 0 Å². The van der Waals surface area contributed by atoms with Crippen molar-refractivity contribution in [1.29, 1.82) is 0 Å².